The van der Waals surface area contributed by atoms with E-state index in [4.69, 9.17) is 0 Å². The number of piperidine rings is 1. The highest BCUT2D eigenvalue weighted by Crippen LogP contribution is 2.20. The number of rotatable bonds is 0. The third-order valence-corrected chi connectivity index (χ3v) is 2.62. The molecule has 1 N–H and O–H groups in total. The molecule has 1 saturated heterocycles. The van der Waals surface area contributed by atoms with Gasteiger partial charge in [0.1, 0.15) is 0 Å². The standard InChI is InChI=1S/C8H17NO.C2H6/c1-6-4-8(10)5-7(2)9(6)3;1-2/h6-8,10H,4-5H2,1-3H3;1-2H3. The van der Waals surface area contributed by atoms with E-state index in [1.165, 1.54) is 0 Å². The minimum absolute atomic E-state index is 0.0683. The molecule has 2 atom stereocenters. The molecule has 0 aromatic rings. The van der Waals surface area contributed by atoms with Gasteiger partial charge in [-0.25, -0.2) is 0 Å². The van der Waals surface area contributed by atoms with Gasteiger partial charge in [0, 0.05) is 12.1 Å². The van der Waals surface area contributed by atoms with E-state index in [0.717, 1.165) is 12.8 Å². The second-order valence-corrected chi connectivity index (χ2v) is 3.49. The summed E-state index contributed by atoms with van der Waals surface area (Å²) in [5.74, 6) is 0. The fourth-order valence-electron chi connectivity index (χ4n) is 1.65. The molecule has 1 rings (SSSR count). The second kappa shape index (κ2) is 5.55. The van der Waals surface area contributed by atoms with Crippen molar-refractivity contribution in [1.29, 1.82) is 0 Å². The van der Waals surface area contributed by atoms with Crippen molar-refractivity contribution in [3.8, 4) is 0 Å². The van der Waals surface area contributed by atoms with Crippen molar-refractivity contribution in [2.75, 3.05) is 7.05 Å². The Kier molecular flexibility index (Phi) is 5.51. The third-order valence-electron chi connectivity index (χ3n) is 2.62. The van der Waals surface area contributed by atoms with E-state index >= 15 is 0 Å². The van der Waals surface area contributed by atoms with Crippen LogP contribution in [0.25, 0.3) is 0 Å². The maximum absolute atomic E-state index is 9.34. The van der Waals surface area contributed by atoms with Gasteiger partial charge in [0.05, 0.1) is 6.10 Å². The number of hydrogen-bond acceptors (Lipinski definition) is 2. The van der Waals surface area contributed by atoms with E-state index in [2.05, 4.69) is 25.8 Å². The van der Waals surface area contributed by atoms with Crippen LogP contribution in [-0.4, -0.2) is 35.2 Å². The van der Waals surface area contributed by atoms with Crippen molar-refractivity contribution >= 4 is 0 Å². The molecule has 2 heteroatoms. The number of aliphatic hydroxyl groups excluding tert-OH is 1. The van der Waals surface area contributed by atoms with E-state index < -0.39 is 0 Å². The predicted octanol–water partition coefficient (Wildman–Crippen LogP) is 1.88. The molecule has 2 unspecified atom stereocenters. The van der Waals surface area contributed by atoms with Crippen LogP contribution in [0.5, 0.6) is 0 Å². The minimum atomic E-state index is -0.0683. The van der Waals surface area contributed by atoms with E-state index in [0.29, 0.717) is 12.1 Å². The van der Waals surface area contributed by atoms with Gasteiger partial charge in [-0.2, -0.15) is 0 Å². The van der Waals surface area contributed by atoms with Crippen LogP contribution in [0, 0.1) is 0 Å². The molecule has 0 amide bonds. The Morgan fingerprint density at radius 2 is 1.42 bits per heavy atom. The first-order chi connectivity index (χ1) is 5.61. The van der Waals surface area contributed by atoms with Gasteiger partial charge in [-0.05, 0) is 33.7 Å². The molecular weight excluding hydrogens is 150 g/mol. The van der Waals surface area contributed by atoms with Crippen LogP contribution >= 0.6 is 0 Å². The lowest BCUT2D eigenvalue weighted by molar-refractivity contribution is 0.0290. The fourth-order valence-corrected chi connectivity index (χ4v) is 1.65. The first-order valence-corrected chi connectivity index (χ1v) is 5.01. The molecule has 0 radical (unpaired) electrons. The Hall–Kier alpha value is -0.0800. The first kappa shape index (κ1) is 11.9. The fraction of sp³-hybridized carbons (Fsp3) is 1.00. The molecule has 0 bridgehead atoms. The van der Waals surface area contributed by atoms with Crippen molar-refractivity contribution in [3.05, 3.63) is 0 Å². The van der Waals surface area contributed by atoms with Crippen LogP contribution in [0.3, 0.4) is 0 Å². The molecule has 1 fully saturated rings. The first-order valence-electron chi connectivity index (χ1n) is 5.01. The van der Waals surface area contributed by atoms with Gasteiger partial charge in [-0.3, -0.25) is 0 Å². The summed E-state index contributed by atoms with van der Waals surface area (Å²) in [6, 6.07) is 1.08. The summed E-state index contributed by atoms with van der Waals surface area (Å²) in [6.45, 7) is 8.33. The van der Waals surface area contributed by atoms with E-state index in [1.54, 1.807) is 0 Å². The van der Waals surface area contributed by atoms with Crippen LogP contribution in [0.15, 0.2) is 0 Å². The highest BCUT2D eigenvalue weighted by atomic mass is 16.3. The van der Waals surface area contributed by atoms with Crippen molar-refractivity contribution in [2.45, 2.75) is 58.7 Å². The zero-order chi connectivity index (χ0) is 9.72. The van der Waals surface area contributed by atoms with Crippen LogP contribution < -0.4 is 0 Å². The van der Waals surface area contributed by atoms with Gasteiger partial charge < -0.3 is 10.0 Å². The van der Waals surface area contributed by atoms with Crippen LogP contribution in [-0.2, 0) is 0 Å². The van der Waals surface area contributed by atoms with Gasteiger partial charge in [-0.15, -0.1) is 0 Å². The smallest absolute Gasteiger partial charge is 0.0569 e. The molecule has 0 aliphatic carbocycles. The summed E-state index contributed by atoms with van der Waals surface area (Å²) < 4.78 is 0. The SMILES string of the molecule is CC.CC1CC(O)CC(C)N1C. The third kappa shape index (κ3) is 3.11. The average molecular weight is 173 g/mol. The normalized spacial score (nSPS) is 37.0. The number of hydrogen-bond donors (Lipinski definition) is 1. The van der Waals surface area contributed by atoms with Crippen LogP contribution in [0.4, 0.5) is 0 Å². The lowest BCUT2D eigenvalue weighted by atomic mass is 9.96. The highest BCUT2D eigenvalue weighted by molar-refractivity contribution is 4.81. The van der Waals surface area contributed by atoms with Gasteiger partial charge in [-0.1, -0.05) is 13.8 Å². The van der Waals surface area contributed by atoms with Crippen molar-refractivity contribution in [1.82, 2.24) is 4.90 Å². The van der Waals surface area contributed by atoms with Crippen LogP contribution in [0.2, 0.25) is 0 Å². The van der Waals surface area contributed by atoms with Gasteiger partial charge in [0.25, 0.3) is 0 Å². The Bertz CT molecular complexity index is 104. The van der Waals surface area contributed by atoms with Crippen molar-refractivity contribution < 1.29 is 5.11 Å². The quantitative estimate of drug-likeness (QED) is 0.604. The van der Waals surface area contributed by atoms with E-state index in [9.17, 15) is 5.11 Å². The number of nitrogens with zero attached hydrogens (tertiary/aromatic N) is 1. The summed E-state index contributed by atoms with van der Waals surface area (Å²) in [7, 11) is 2.13. The molecule has 0 aromatic carbocycles. The summed E-state index contributed by atoms with van der Waals surface area (Å²) in [6.07, 6.45) is 1.79. The molecule has 1 aliphatic rings. The zero-order valence-corrected chi connectivity index (χ0v) is 9.04. The maximum Gasteiger partial charge on any atom is 0.0569 e. The molecule has 2 nitrogen and oxygen atoms in total. The monoisotopic (exact) mass is 173 g/mol. The van der Waals surface area contributed by atoms with Gasteiger partial charge in [0.15, 0.2) is 0 Å². The van der Waals surface area contributed by atoms with Crippen LogP contribution in [0.1, 0.15) is 40.5 Å². The Balaban J connectivity index is 0.000000561. The molecule has 1 heterocycles. The molecule has 0 spiro atoms. The van der Waals surface area contributed by atoms with Gasteiger partial charge in [0.2, 0.25) is 0 Å². The lowest BCUT2D eigenvalue weighted by Gasteiger charge is -2.38. The largest absolute Gasteiger partial charge is 0.393 e. The molecular formula is C10H23NO. The highest BCUT2D eigenvalue weighted by Gasteiger charge is 2.26. The number of likely N-dealkylation sites (tertiary alicyclic amines) is 1. The zero-order valence-electron chi connectivity index (χ0n) is 9.04. The van der Waals surface area contributed by atoms with E-state index in [1.807, 2.05) is 13.8 Å². The molecule has 0 saturated carbocycles. The summed E-state index contributed by atoms with van der Waals surface area (Å²) in [5, 5.41) is 9.34. The molecule has 12 heavy (non-hydrogen) atoms. The van der Waals surface area contributed by atoms with Gasteiger partial charge >= 0.3 is 0 Å². The Morgan fingerprint density at radius 1 is 1.08 bits per heavy atom. The summed E-state index contributed by atoms with van der Waals surface area (Å²) >= 11 is 0. The Labute approximate surface area is 76.6 Å². The van der Waals surface area contributed by atoms with Crippen molar-refractivity contribution in [3.63, 3.8) is 0 Å². The topological polar surface area (TPSA) is 23.5 Å². The predicted molar refractivity (Wildman–Crippen MR) is 53.3 cm³/mol. The maximum atomic E-state index is 9.34. The van der Waals surface area contributed by atoms with Crippen molar-refractivity contribution in [2.24, 2.45) is 0 Å². The van der Waals surface area contributed by atoms with E-state index in [-0.39, 0.29) is 6.10 Å². The molecule has 74 valence electrons. The Morgan fingerprint density at radius 3 is 1.75 bits per heavy atom. The summed E-state index contributed by atoms with van der Waals surface area (Å²) in [4.78, 5) is 2.33. The lowest BCUT2D eigenvalue weighted by Crippen LogP contribution is -2.45. The molecule has 1 aliphatic heterocycles. The molecule has 0 aromatic heterocycles. The summed E-state index contributed by atoms with van der Waals surface area (Å²) in [5.41, 5.74) is 0. The number of aliphatic hydroxyl groups is 1. The average Bonchev–Trinajstić information content (AvgIpc) is 2.04. The minimum Gasteiger partial charge on any atom is -0.393 e. The second-order valence-electron chi connectivity index (χ2n) is 3.49.